The number of aromatic nitrogens is 1. The Morgan fingerprint density at radius 2 is 1.63 bits per heavy atom. The predicted octanol–water partition coefficient (Wildman–Crippen LogP) is 3.76. The predicted molar refractivity (Wildman–Crippen MR) is 114 cm³/mol. The molecule has 5 nitrogen and oxygen atoms in total. The maximum absolute atomic E-state index is 12.3. The molecule has 1 saturated carbocycles. The highest BCUT2D eigenvalue weighted by Crippen LogP contribution is 2.25. The average Bonchev–Trinajstić information content (AvgIpc) is 2.67. The number of hydrazine groups is 1. The number of benzene rings is 1. The van der Waals surface area contributed by atoms with Crippen LogP contribution in [0.15, 0.2) is 54.9 Å². The first-order valence-electron chi connectivity index (χ1n) is 9.04. The van der Waals surface area contributed by atoms with Crippen LogP contribution in [-0.4, -0.2) is 23.5 Å². The van der Waals surface area contributed by atoms with Crippen LogP contribution in [0, 0.1) is 5.92 Å². The van der Waals surface area contributed by atoms with Gasteiger partial charge in [0.2, 0.25) is 5.91 Å². The maximum Gasteiger partial charge on any atom is 0.227 e. The standard InChI is InChI=1S/C20H26N4O.2ClH/c25-20(23-18-11-13-21-14-12-18)17-6-8-19(9-7-17)24-22-15-10-16-4-2-1-3-5-16;;/h1-5,11-14,17,19,22,24H,6-10,15H2,(H,21,23,25);2*1H/t17-,19-;;. The van der Waals surface area contributed by atoms with E-state index in [9.17, 15) is 4.79 Å². The van der Waals surface area contributed by atoms with Crippen molar-refractivity contribution in [2.75, 3.05) is 11.9 Å². The van der Waals surface area contributed by atoms with Crippen LogP contribution in [0.2, 0.25) is 0 Å². The van der Waals surface area contributed by atoms with Gasteiger partial charge in [-0.25, -0.2) is 0 Å². The zero-order chi connectivity index (χ0) is 17.3. The van der Waals surface area contributed by atoms with Crippen molar-refractivity contribution in [1.29, 1.82) is 0 Å². The molecule has 1 heterocycles. The number of anilines is 1. The number of carbonyl (C=O) groups is 1. The maximum atomic E-state index is 12.3. The highest BCUT2D eigenvalue weighted by atomic mass is 35.5. The first kappa shape index (κ1) is 23.4. The van der Waals surface area contributed by atoms with Gasteiger partial charge in [-0.3, -0.25) is 20.6 Å². The zero-order valence-electron chi connectivity index (χ0n) is 15.3. The van der Waals surface area contributed by atoms with E-state index < -0.39 is 0 Å². The molecule has 148 valence electrons. The highest BCUT2D eigenvalue weighted by molar-refractivity contribution is 5.92. The number of nitrogens with one attached hydrogen (secondary N) is 3. The molecule has 3 rings (SSSR count). The van der Waals surface area contributed by atoms with Crippen LogP contribution in [0.1, 0.15) is 31.2 Å². The molecule has 1 fully saturated rings. The van der Waals surface area contributed by atoms with E-state index >= 15 is 0 Å². The molecule has 2 aromatic rings. The van der Waals surface area contributed by atoms with E-state index in [1.807, 2.05) is 18.2 Å². The molecular formula is C20H28Cl2N4O. The second-order valence-corrected chi connectivity index (χ2v) is 6.58. The molecule has 27 heavy (non-hydrogen) atoms. The number of pyridine rings is 1. The molecule has 0 atom stereocenters. The highest BCUT2D eigenvalue weighted by Gasteiger charge is 2.26. The molecule has 0 bridgehead atoms. The molecule has 7 heteroatoms. The van der Waals surface area contributed by atoms with E-state index in [2.05, 4.69) is 45.4 Å². The minimum atomic E-state index is 0. The Morgan fingerprint density at radius 3 is 2.30 bits per heavy atom. The number of amides is 1. The van der Waals surface area contributed by atoms with E-state index in [0.29, 0.717) is 6.04 Å². The van der Waals surface area contributed by atoms with Gasteiger partial charge in [-0.2, -0.15) is 0 Å². The van der Waals surface area contributed by atoms with Crippen LogP contribution in [0.3, 0.4) is 0 Å². The van der Waals surface area contributed by atoms with Gasteiger partial charge in [-0.1, -0.05) is 30.3 Å². The molecule has 1 aliphatic rings. The lowest BCUT2D eigenvalue weighted by Gasteiger charge is -2.28. The first-order chi connectivity index (χ1) is 12.3. The topological polar surface area (TPSA) is 66.0 Å². The van der Waals surface area contributed by atoms with Crippen LogP contribution >= 0.6 is 24.8 Å². The Hall–Kier alpha value is -1.66. The third-order valence-corrected chi connectivity index (χ3v) is 4.73. The van der Waals surface area contributed by atoms with Crippen molar-refractivity contribution >= 4 is 36.4 Å². The largest absolute Gasteiger partial charge is 0.326 e. The van der Waals surface area contributed by atoms with Gasteiger partial charge in [-0.05, 0) is 49.8 Å². The van der Waals surface area contributed by atoms with Crippen molar-refractivity contribution in [3.8, 4) is 0 Å². The van der Waals surface area contributed by atoms with Gasteiger partial charge in [0.05, 0.1) is 0 Å². The summed E-state index contributed by atoms with van der Waals surface area (Å²) in [4.78, 5) is 16.3. The smallest absolute Gasteiger partial charge is 0.227 e. The molecule has 1 aromatic heterocycles. The molecular weight excluding hydrogens is 383 g/mol. The van der Waals surface area contributed by atoms with Crippen molar-refractivity contribution in [3.63, 3.8) is 0 Å². The average molecular weight is 411 g/mol. The van der Waals surface area contributed by atoms with Gasteiger partial charge in [0.15, 0.2) is 0 Å². The van der Waals surface area contributed by atoms with Crippen molar-refractivity contribution in [2.24, 2.45) is 5.92 Å². The molecule has 1 aromatic carbocycles. The minimum Gasteiger partial charge on any atom is -0.326 e. The quantitative estimate of drug-likeness (QED) is 0.480. The van der Waals surface area contributed by atoms with Crippen LogP contribution in [-0.2, 0) is 11.2 Å². The van der Waals surface area contributed by atoms with E-state index in [-0.39, 0.29) is 36.6 Å². The van der Waals surface area contributed by atoms with Crippen LogP contribution in [0.25, 0.3) is 0 Å². The number of hydrogen-bond donors (Lipinski definition) is 3. The molecule has 0 unspecified atom stereocenters. The van der Waals surface area contributed by atoms with Crippen molar-refractivity contribution in [1.82, 2.24) is 15.8 Å². The lowest BCUT2D eigenvalue weighted by Crippen LogP contribution is -2.44. The van der Waals surface area contributed by atoms with Crippen molar-refractivity contribution in [2.45, 2.75) is 38.1 Å². The monoisotopic (exact) mass is 410 g/mol. The van der Waals surface area contributed by atoms with Crippen molar-refractivity contribution < 1.29 is 4.79 Å². The summed E-state index contributed by atoms with van der Waals surface area (Å²) in [6.07, 6.45) is 8.29. The van der Waals surface area contributed by atoms with Gasteiger partial charge in [0.25, 0.3) is 0 Å². The molecule has 3 N–H and O–H groups in total. The number of halogens is 2. The Morgan fingerprint density at radius 1 is 0.963 bits per heavy atom. The number of carbonyl (C=O) groups excluding carboxylic acids is 1. The van der Waals surface area contributed by atoms with Crippen molar-refractivity contribution in [3.05, 3.63) is 60.4 Å². The normalized spacial score (nSPS) is 18.7. The molecule has 1 amide bonds. The summed E-state index contributed by atoms with van der Waals surface area (Å²) < 4.78 is 0. The van der Waals surface area contributed by atoms with Gasteiger partial charge in [0, 0.05) is 36.6 Å². The fraction of sp³-hybridized carbons (Fsp3) is 0.400. The SMILES string of the molecule is Cl.Cl.O=C(Nc1ccncc1)[C@H]1CC[C@H](NNCCc2ccccc2)CC1. The fourth-order valence-electron chi connectivity index (χ4n) is 3.25. The van der Waals surface area contributed by atoms with E-state index in [4.69, 9.17) is 0 Å². The summed E-state index contributed by atoms with van der Waals surface area (Å²) in [6, 6.07) is 14.6. The number of nitrogens with zero attached hydrogens (tertiary/aromatic N) is 1. The van der Waals surface area contributed by atoms with Crippen LogP contribution in [0.4, 0.5) is 5.69 Å². The van der Waals surface area contributed by atoms with Gasteiger partial charge >= 0.3 is 0 Å². The van der Waals surface area contributed by atoms with Gasteiger partial charge < -0.3 is 5.32 Å². The third kappa shape index (κ3) is 7.85. The van der Waals surface area contributed by atoms with Gasteiger partial charge in [0.1, 0.15) is 0 Å². The van der Waals surface area contributed by atoms with E-state index in [1.54, 1.807) is 12.4 Å². The van der Waals surface area contributed by atoms with Gasteiger partial charge in [-0.15, -0.1) is 24.8 Å². The molecule has 0 spiro atoms. The Kier molecular flexibility index (Phi) is 11.0. The molecule has 0 radical (unpaired) electrons. The summed E-state index contributed by atoms with van der Waals surface area (Å²) in [6.45, 7) is 0.909. The minimum absolute atomic E-state index is 0. The zero-order valence-corrected chi connectivity index (χ0v) is 16.9. The van der Waals surface area contributed by atoms with E-state index in [1.165, 1.54) is 5.56 Å². The summed E-state index contributed by atoms with van der Waals surface area (Å²) in [5, 5.41) is 2.98. The summed E-state index contributed by atoms with van der Waals surface area (Å²) in [5.74, 6) is 0.234. The Balaban J connectivity index is 0.00000182. The Bertz CT molecular complexity index is 650. The first-order valence-corrected chi connectivity index (χ1v) is 9.04. The van der Waals surface area contributed by atoms with Crippen LogP contribution in [0.5, 0.6) is 0 Å². The van der Waals surface area contributed by atoms with E-state index in [0.717, 1.165) is 44.3 Å². The fourth-order valence-corrected chi connectivity index (χ4v) is 3.25. The third-order valence-electron chi connectivity index (χ3n) is 4.73. The Labute approximate surface area is 173 Å². The summed E-state index contributed by atoms with van der Waals surface area (Å²) >= 11 is 0. The second-order valence-electron chi connectivity index (χ2n) is 6.58. The lowest BCUT2D eigenvalue weighted by atomic mass is 9.85. The summed E-state index contributed by atoms with van der Waals surface area (Å²) in [7, 11) is 0. The molecule has 0 aliphatic heterocycles. The molecule has 1 aliphatic carbocycles. The second kappa shape index (κ2) is 12.7. The summed E-state index contributed by atoms with van der Waals surface area (Å²) in [5.41, 5.74) is 8.90. The number of rotatable bonds is 7. The number of hydrogen-bond acceptors (Lipinski definition) is 4. The lowest BCUT2D eigenvalue weighted by molar-refractivity contribution is -0.120. The van der Waals surface area contributed by atoms with Crippen LogP contribution < -0.4 is 16.2 Å². The molecule has 0 saturated heterocycles.